The second-order valence-corrected chi connectivity index (χ2v) is 11.1. The molecule has 0 radical (unpaired) electrons. The normalized spacial score (nSPS) is 12.2. The number of hydrogen-bond donors (Lipinski definition) is 3. The van der Waals surface area contributed by atoms with Crippen molar-refractivity contribution in [3.63, 3.8) is 0 Å². The van der Waals surface area contributed by atoms with Crippen molar-refractivity contribution >= 4 is 54.4 Å². The fourth-order valence-corrected chi connectivity index (χ4v) is 4.92. The molecule has 0 atom stereocenters. The van der Waals surface area contributed by atoms with Crippen LogP contribution in [0.4, 0.5) is 5.69 Å². The first kappa shape index (κ1) is 24.2. The molecule has 0 bridgehead atoms. The second-order valence-electron chi connectivity index (χ2n) is 7.00. The molecule has 0 spiro atoms. The summed E-state index contributed by atoms with van der Waals surface area (Å²) in [5.41, 5.74) is 1.52. The maximum atomic E-state index is 12.4. The highest BCUT2D eigenvalue weighted by Gasteiger charge is 2.16. The van der Waals surface area contributed by atoms with E-state index in [1.54, 1.807) is 12.1 Å². The zero-order valence-corrected chi connectivity index (χ0v) is 19.6. The summed E-state index contributed by atoms with van der Waals surface area (Å²) >= 11 is 1.19. The van der Waals surface area contributed by atoms with E-state index in [0.29, 0.717) is 22.9 Å². The number of nitrogens with zero attached hydrogens (tertiary/aromatic N) is 2. The van der Waals surface area contributed by atoms with Crippen LogP contribution in [-0.4, -0.2) is 38.0 Å². The maximum Gasteiger partial charge on any atom is 0.238 e. The van der Waals surface area contributed by atoms with Crippen molar-refractivity contribution in [2.24, 2.45) is 10.3 Å². The molecule has 1 aromatic heterocycles. The second kappa shape index (κ2) is 9.58. The first-order valence-electron chi connectivity index (χ1n) is 9.57. The predicted octanol–water partition coefficient (Wildman–Crippen LogP) is 1.86. The lowest BCUT2D eigenvalue weighted by molar-refractivity contribution is -0.113. The van der Waals surface area contributed by atoms with Gasteiger partial charge in [0.15, 0.2) is 5.16 Å². The number of hydrogen-bond acceptors (Lipinski definition) is 7. The van der Waals surface area contributed by atoms with E-state index < -0.39 is 20.0 Å². The van der Waals surface area contributed by atoms with Gasteiger partial charge in [-0.05, 0) is 42.8 Å². The van der Waals surface area contributed by atoms with Gasteiger partial charge in [0.05, 0.1) is 26.6 Å². The summed E-state index contributed by atoms with van der Waals surface area (Å²) in [6.45, 7) is 2.70. The van der Waals surface area contributed by atoms with Crippen molar-refractivity contribution in [1.29, 1.82) is 0 Å². The first-order chi connectivity index (χ1) is 15.0. The number of carbonyl (C=O) groups is 1. The molecule has 2 aromatic carbocycles. The number of anilines is 1. The fraction of sp³-hybridized carbons (Fsp3) is 0.263. The van der Waals surface area contributed by atoms with Gasteiger partial charge in [-0.3, -0.25) is 4.79 Å². The van der Waals surface area contributed by atoms with Crippen LogP contribution in [0.15, 0.2) is 57.4 Å². The number of amides is 1. The van der Waals surface area contributed by atoms with Gasteiger partial charge >= 0.3 is 0 Å². The number of aromatic nitrogens is 2. The number of carbonyl (C=O) groups excluding carboxylic acids is 1. The molecule has 0 saturated carbocycles. The van der Waals surface area contributed by atoms with E-state index in [4.69, 9.17) is 10.3 Å². The zero-order chi connectivity index (χ0) is 23.5. The van der Waals surface area contributed by atoms with Crippen LogP contribution in [0.3, 0.4) is 0 Å². The molecule has 0 saturated heterocycles. The summed E-state index contributed by atoms with van der Waals surface area (Å²) in [5.74, 6) is -0.349. The summed E-state index contributed by atoms with van der Waals surface area (Å²) in [6, 6.07) is 10.2. The number of sulfonamides is 2. The van der Waals surface area contributed by atoms with Crippen LogP contribution in [-0.2, 0) is 31.4 Å². The minimum Gasteiger partial charge on any atom is -0.325 e. The number of thioether (sulfide) groups is 1. The molecular formula is C19H23N5O5S3. The molecule has 0 aliphatic heterocycles. The van der Waals surface area contributed by atoms with E-state index in [2.05, 4.69) is 10.3 Å². The molecule has 10 nitrogen and oxygen atoms in total. The van der Waals surface area contributed by atoms with Crippen molar-refractivity contribution in [3.8, 4) is 0 Å². The molecule has 172 valence electrons. The average Bonchev–Trinajstić information content (AvgIpc) is 3.06. The molecule has 3 aromatic rings. The molecule has 32 heavy (non-hydrogen) atoms. The summed E-state index contributed by atoms with van der Waals surface area (Å²) in [7, 11) is -7.74. The lowest BCUT2D eigenvalue weighted by Crippen LogP contribution is -2.16. The van der Waals surface area contributed by atoms with Crippen molar-refractivity contribution < 1.29 is 21.6 Å². The fourth-order valence-electron chi connectivity index (χ4n) is 2.98. The van der Waals surface area contributed by atoms with Gasteiger partial charge in [0.2, 0.25) is 26.0 Å². The maximum absolute atomic E-state index is 12.4. The largest absolute Gasteiger partial charge is 0.325 e. The monoisotopic (exact) mass is 497 g/mol. The Hall–Kier alpha value is -2.45. The van der Waals surface area contributed by atoms with Crippen LogP contribution in [0.25, 0.3) is 11.0 Å². The Kier molecular flexibility index (Phi) is 7.25. The highest BCUT2D eigenvalue weighted by molar-refractivity contribution is 7.99. The molecule has 0 unspecified atom stereocenters. The third-order valence-electron chi connectivity index (χ3n) is 4.53. The average molecular weight is 498 g/mol. The zero-order valence-electron chi connectivity index (χ0n) is 17.2. The van der Waals surface area contributed by atoms with Crippen LogP contribution >= 0.6 is 11.8 Å². The number of primary sulfonamides is 2. The van der Waals surface area contributed by atoms with Gasteiger partial charge in [0.25, 0.3) is 0 Å². The SMILES string of the molecule is CCCCn1c(SCC(=O)Nc2cccc(S(N)(=O)=O)c2)nc2cc(S(N)(=O)=O)ccc21. The quantitative estimate of drug-likeness (QED) is 0.379. The molecule has 5 N–H and O–H groups in total. The highest BCUT2D eigenvalue weighted by atomic mass is 32.2. The number of benzene rings is 2. The number of nitrogens with one attached hydrogen (secondary N) is 1. The summed E-state index contributed by atoms with van der Waals surface area (Å²) in [6.07, 6.45) is 1.82. The van der Waals surface area contributed by atoms with Crippen LogP contribution in [0.5, 0.6) is 0 Å². The third-order valence-corrected chi connectivity index (χ3v) is 7.33. The molecule has 13 heteroatoms. The first-order valence-corrected chi connectivity index (χ1v) is 13.7. The van der Waals surface area contributed by atoms with Gasteiger partial charge in [-0.1, -0.05) is 31.2 Å². The molecule has 0 aliphatic rings. The van der Waals surface area contributed by atoms with Gasteiger partial charge in [0, 0.05) is 12.2 Å². The molecule has 0 fully saturated rings. The summed E-state index contributed by atoms with van der Waals surface area (Å²) in [4.78, 5) is 16.8. The lowest BCUT2D eigenvalue weighted by atomic mass is 10.3. The van der Waals surface area contributed by atoms with Crippen molar-refractivity contribution in [2.75, 3.05) is 11.1 Å². The standard InChI is InChI=1S/C19H23N5O5S3/c1-2-3-9-24-17-8-7-15(32(21,28)29)11-16(17)23-19(24)30-12-18(25)22-13-5-4-6-14(10-13)31(20,26)27/h4-8,10-11H,2-3,9,12H2,1H3,(H,22,25)(H2,20,26,27)(H2,21,28,29). The van der Waals surface area contributed by atoms with E-state index >= 15 is 0 Å². The Balaban J connectivity index is 1.80. The van der Waals surface area contributed by atoms with Gasteiger partial charge in [-0.15, -0.1) is 0 Å². The van der Waals surface area contributed by atoms with Gasteiger partial charge in [0.1, 0.15) is 0 Å². The molecule has 3 rings (SSSR count). The van der Waals surface area contributed by atoms with Gasteiger partial charge < -0.3 is 9.88 Å². The molecule has 1 heterocycles. The highest BCUT2D eigenvalue weighted by Crippen LogP contribution is 2.27. The number of nitrogens with two attached hydrogens (primary N) is 2. The van der Waals surface area contributed by atoms with E-state index in [-0.39, 0.29) is 21.5 Å². The minimum atomic E-state index is -3.88. The summed E-state index contributed by atoms with van der Waals surface area (Å²) < 4.78 is 48.2. The van der Waals surface area contributed by atoms with E-state index in [0.717, 1.165) is 18.4 Å². The number of fused-ring (bicyclic) bond motifs is 1. The Morgan fingerprint density at radius 3 is 2.41 bits per heavy atom. The number of rotatable bonds is 9. The van der Waals surface area contributed by atoms with Crippen LogP contribution < -0.4 is 15.6 Å². The number of aryl methyl sites for hydroxylation is 1. The van der Waals surface area contributed by atoms with Crippen molar-refractivity contribution in [3.05, 3.63) is 42.5 Å². The van der Waals surface area contributed by atoms with Crippen LogP contribution in [0.2, 0.25) is 0 Å². The molecular weight excluding hydrogens is 474 g/mol. The minimum absolute atomic E-state index is 0.0110. The molecule has 1 amide bonds. The van der Waals surface area contributed by atoms with E-state index in [1.807, 2.05) is 11.5 Å². The van der Waals surface area contributed by atoms with E-state index in [1.165, 1.54) is 42.1 Å². The number of imidazole rings is 1. The van der Waals surface area contributed by atoms with Gasteiger partial charge in [-0.2, -0.15) is 0 Å². The predicted molar refractivity (Wildman–Crippen MR) is 123 cm³/mol. The number of unbranched alkanes of at least 4 members (excludes halogenated alkanes) is 1. The molecule has 0 aliphatic carbocycles. The summed E-state index contributed by atoms with van der Waals surface area (Å²) in [5, 5.41) is 13.5. The van der Waals surface area contributed by atoms with Gasteiger partial charge in [-0.25, -0.2) is 32.1 Å². The van der Waals surface area contributed by atoms with Crippen LogP contribution in [0, 0.1) is 0 Å². The lowest BCUT2D eigenvalue weighted by Gasteiger charge is -2.09. The van der Waals surface area contributed by atoms with Crippen molar-refractivity contribution in [2.45, 2.75) is 41.3 Å². The third kappa shape index (κ3) is 5.86. The topological polar surface area (TPSA) is 167 Å². The van der Waals surface area contributed by atoms with Crippen molar-refractivity contribution in [1.82, 2.24) is 9.55 Å². The smallest absolute Gasteiger partial charge is 0.238 e. The Morgan fingerprint density at radius 2 is 1.75 bits per heavy atom. The Morgan fingerprint density at radius 1 is 1.06 bits per heavy atom. The Labute approximate surface area is 190 Å². The van der Waals surface area contributed by atoms with Crippen LogP contribution in [0.1, 0.15) is 19.8 Å². The van der Waals surface area contributed by atoms with E-state index in [9.17, 15) is 21.6 Å². The Bertz CT molecular complexity index is 1370.